The molecule has 0 radical (unpaired) electrons. The van der Waals surface area contributed by atoms with E-state index in [1.807, 2.05) is 9.80 Å². The van der Waals surface area contributed by atoms with Crippen molar-refractivity contribution in [3.63, 3.8) is 0 Å². The van der Waals surface area contributed by atoms with Crippen molar-refractivity contribution in [1.29, 1.82) is 0 Å². The second-order valence-corrected chi connectivity index (χ2v) is 6.99. The van der Waals surface area contributed by atoms with Gasteiger partial charge in [-0.2, -0.15) is 13.2 Å². The van der Waals surface area contributed by atoms with Crippen LogP contribution in [0.5, 0.6) is 0 Å². The number of halogens is 3. The molecule has 0 unspecified atom stereocenters. The molecule has 2 heterocycles. The first-order valence-corrected chi connectivity index (χ1v) is 9.01. The van der Waals surface area contributed by atoms with E-state index in [0.717, 1.165) is 12.8 Å². The Morgan fingerprint density at radius 1 is 1.11 bits per heavy atom. The van der Waals surface area contributed by atoms with Gasteiger partial charge in [-0.1, -0.05) is 12.1 Å². The predicted molar refractivity (Wildman–Crippen MR) is 94.4 cm³/mol. The van der Waals surface area contributed by atoms with E-state index in [9.17, 15) is 18.0 Å². The van der Waals surface area contributed by atoms with Gasteiger partial charge in [0.15, 0.2) is 0 Å². The van der Waals surface area contributed by atoms with Crippen LogP contribution in [0.1, 0.15) is 18.7 Å². The predicted octanol–water partition coefficient (Wildman–Crippen LogP) is 2.05. The van der Waals surface area contributed by atoms with Crippen molar-refractivity contribution in [2.24, 2.45) is 0 Å². The number of hydrogen-bond acceptors (Lipinski definition) is 5. The van der Waals surface area contributed by atoms with Gasteiger partial charge in [-0.25, -0.2) is 9.97 Å². The summed E-state index contributed by atoms with van der Waals surface area (Å²) in [7, 11) is 0. The van der Waals surface area contributed by atoms with Crippen molar-refractivity contribution in [3.8, 4) is 0 Å². The Bertz CT molecular complexity index is 844. The summed E-state index contributed by atoms with van der Waals surface area (Å²) < 4.78 is 39.5. The Morgan fingerprint density at radius 3 is 2.48 bits per heavy atom. The summed E-state index contributed by atoms with van der Waals surface area (Å²) in [5, 5.41) is 3.55. The standard InChI is InChI=1S/C18H20F3N5O/c19-18(20,21)17-23-14-4-2-1-3-13(14)16(24-17)26-9-7-25(8-10-26)11-15(27)22-12-5-6-12/h1-4,12H,5-11H2,(H,22,27). The molecule has 2 aromatic rings. The molecular formula is C18H20F3N5O. The van der Waals surface area contributed by atoms with Crippen LogP contribution in [-0.2, 0) is 11.0 Å². The molecule has 1 saturated carbocycles. The molecule has 0 atom stereocenters. The molecular weight excluding hydrogens is 359 g/mol. The van der Waals surface area contributed by atoms with E-state index in [-0.39, 0.29) is 11.4 Å². The molecule has 2 aliphatic rings. The molecule has 1 aliphatic heterocycles. The van der Waals surface area contributed by atoms with Crippen molar-refractivity contribution < 1.29 is 18.0 Å². The Hall–Kier alpha value is -2.42. The normalized spacial score (nSPS) is 18.7. The third-order valence-corrected chi connectivity index (χ3v) is 4.82. The average Bonchev–Trinajstić information content (AvgIpc) is 3.44. The van der Waals surface area contributed by atoms with Gasteiger partial charge in [0.05, 0.1) is 12.1 Å². The van der Waals surface area contributed by atoms with E-state index in [1.54, 1.807) is 24.3 Å². The molecule has 0 bridgehead atoms. The number of rotatable bonds is 4. The van der Waals surface area contributed by atoms with Gasteiger partial charge in [0.1, 0.15) is 5.82 Å². The van der Waals surface area contributed by atoms with E-state index in [2.05, 4.69) is 15.3 Å². The SMILES string of the molecule is O=C(CN1CCN(c2nc(C(F)(F)F)nc3ccccc23)CC1)NC1CC1. The number of nitrogens with one attached hydrogen (secondary N) is 1. The zero-order valence-electron chi connectivity index (χ0n) is 14.7. The highest BCUT2D eigenvalue weighted by Gasteiger charge is 2.36. The fraction of sp³-hybridized carbons (Fsp3) is 0.500. The van der Waals surface area contributed by atoms with Gasteiger partial charge in [0.25, 0.3) is 0 Å². The van der Waals surface area contributed by atoms with Gasteiger partial charge < -0.3 is 10.2 Å². The van der Waals surface area contributed by atoms with Crippen LogP contribution in [-0.4, -0.2) is 59.5 Å². The number of amides is 1. The van der Waals surface area contributed by atoms with Crippen molar-refractivity contribution >= 4 is 22.6 Å². The Labute approximate surface area is 154 Å². The largest absolute Gasteiger partial charge is 0.451 e. The highest BCUT2D eigenvalue weighted by atomic mass is 19.4. The lowest BCUT2D eigenvalue weighted by atomic mass is 10.2. The molecule has 1 aromatic carbocycles. The number of piperazine rings is 1. The van der Waals surface area contributed by atoms with E-state index >= 15 is 0 Å². The quantitative estimate of drug-likeness (QED) is 0.881. The van der Waals surface area contributed by atoms with Crippen LogP contribution in [0.2, 0.25) is 0 Å². The lowest BCUT2D eigenvalue weighted by Crippen LogP contribution is -2.50. The molecule has 6 nitrogen and oxygen atoms in total. The number of aromatic nitrogens is 2. The van der Waals surface area contributed by atoms with Crippen molar-refractivity contribution in [2.75, 3.05) is 37.6 Å². The summed E-state index contributed by atoms with van der Waals surface area (Å²) in [6.07, 6.45) is -2.51. The first-order chi connectivity index (χ1) is 12.9. The van der Waals surface area contributed by atoms with E-state index < -0.39 is 12.0 Å². The molecule has 1 N–H and O–H groups in total. The van der Waals surface area contributed by atoms with Crippen LogP contribution < -0.4 is 10.2 Å². The van der Waals surface area contributed by atoms with E-state index in [1.165, 1.54) is 0 Å². The van der Waals surface area contributed by atoms with Gasteiger partial charge in [-0.3, -0.25) is 9.69 Å². The number of carbonyl (C=O) groups excluding carboxylic acids is 1. The highest BCUT2D eigenvalue weighted by molar-refractivity contribution is 5.89. The number of para-hydroxylation sites is 1. The molecule has 9 heteroatoms. The van der Waals surface area contributed by atoms with Crippen LogP contribution in [0.3, 0.4) is 0 Å². The van der Waals surface area contributed by atoms with Gasteiger partial charge in [0, 0.05) is 37.6 Å². The number of benzene rings is 1. The minimum Gasteiger partial charge on any atom is -0.353 e. The van der Waals surface area contributed by atoms with Crippen LogP contribution >= 0.6 is 0 Å². The molecule has 0 spiro atoms. The molecule has 1 amide bonds. The van der Waals surface area contributed by atoms with Gasteiger partial charge in [-0.15, -0.1) is 0 Å². The van der Waals surface area contributed by atoms with E-state index in [0.29, 0.717) is 50.0 Å². The zero-order chi connectivity index (χ0) is 19.0. The number of nitrogens with zero attached hydrogens (tertiary/aromatic N) is 4. The molecule has 4 rings (SSSR count). The van der Waals surface area contributed by atoms with Crippen LogP contribution in [0.15, 0.2) is 24.3 Å². The fourth-order valence-electron chi connectivity index (χ4n) is 3.25. The molecule has 1 aliphatic carbocycles. The monoisotopic (exact) mass is 379 g/mol. The number of anilines is 1. The lowest BCUT2D eigenvalue weighted by molar-refractivity contribution is -0.144. The van der Waals surface area contributed by atoms with Crippen LogP contribution in [0.4, 0.5) is 19.0 Å². The molecule has 1 aromatic heterocycles. The zero-order valence-corrected chi connectivity index (χ0v) is 14.7. The maximum absolute atomic E-state index is 13.2. The number of hydrogen-bond donors (Lipinski definition) is 1. The second kappa shape index (κ2) is 6.95. The summed E-state index contributed by atoms with van der Waals surface area (Å²) in [5.41, 5.74) is 0.279. The third kappa shape index (κ3) is 4.13. The topological polar surface area (TPSA) is 61.4 Å². The van der Waals surface area contributed by atoms with Gasteiger partial charge >= 0.3 is 6.18 Å². The summed E-state index contributed by atoms with van der Waals surface area (Å²) in [5.74, 6) is -0.810. The van der Waals surface area contributed by atoms with Gasteiger partial charge in [-0.05, 0) is 25.0 Å². The number of fused-ring (bicyclic) bond motifs is 1. The molecule has 27 heavy (non-hydrogen) atoms. The first kappa shape index (κ1) is 18.0. The summed E-state index contributed by atoms with van der Waals surface area (Å²) in [6, 6.07) is 7.05. The number of alkyl halides is 3. The summed E-state index contributed by atoms with van der Waals surface area (Å²) in [6.45, 7) is 2.53. The lowest BCUT2D eigenvalue weighted by Gasteiger charge is -2.35. The average molecular weight is 379 g/mol. The minimum atomic E-state index is -4.60. The Morgan fingerprint density at radius 2 is 1.81 bits per heavy atom. The maximum Gasteiger partial charge on any atom is 0.451 e. The molecule has 144 valence electrons. The van der Waals surface area contributed by atoms with Crippen molar-refractivity contribution in [3.05, 3.63) is 30.1 Å². The van der Waals surface area contributed by atoms with E-state index in [4.69, 9.17) is 0 Å². The third-order valence-electron chi connectivity index (χ3n) is 4.82. The highest BCUT2D eigenvalue weighted by Crippen LogP contribution is 2.32. The van der Waals surface area contributed by atoms with Crippen molar-refractivity contribution in [1.82, 2.24) is 20.2 Å². The summed E-state index contributed by atoms with van der Waals surface area (Å²) >= 11 is 0. The second-order valence-electron chi connectivity index (χ2n) is 6.99. The van der Waals surface area contributed by atoms with Gasteiger partial charge in [0.2, 0.25) is 11.7 Å². The number of carbonyl (C=O) groups is 1. The Kier molecular flexibility index (Phi) is 4.63. The van der Waals surface area contributed by atoms with Crippen LogP contribution in [0.25, 0.3) is 10.9 Å². The molecule has 2 fully saturated rings. The Balaban J connectivity index is 1.50. The fourth-order valence-corrected chi connectivity index (χ4v) is 3.25. The maximum atomic E-state index is 13.2. The minimum absolute atomic E-state index is 0.0118. The molecule has 1 saturated heterocycles. The van der Waals surface area contributed by atoms with Crippen LogP contribution in [0, 0.1) is 0 Å². The van der Waals surface area contributed by atoms with Crippen molar-refractivity contribution in [2.45, 2.75) is 25.1 Å². The smallest absolute Gasteiger partial charge is 0.353 e. The summed E-state index contributed by atoms with van der Waals surface area (Å²) in [4.78, 5) is 23.3. The first-order valence-electron chi connectivity index (χ1n) is 9.01.